The molecule has 9 heteroatoms. The fraction of sp³-hybridized carbons (Fsp3) is 0.318. The average molecular weight is 427 g/mol. The van der Waals surface area contributed by atoms with Crippen LogP contribution in [0.5, 0.6) is 0 Å². The third-order valence-corrected chi connectivity index (χ3v) is 5.41. The van der Waals surface area contributed by atoms with Crippen LogP contribution >= 0.6 is 0 Å². The van der Waals surface area contributed by atoms with Crippen LogP contribution in [0.3, 0.4) is 0 Å². The van der Waals surface area contributed by atoms with E-state index in [-0.39, 0.29) is 18.4 Å². The first kappa shape index (κ1) is 20.9. The van der Waals surface area contributed by atoms with Crippen molar-refractivity contribution in [3.63, 3.8) is 0 Å². The lowest BCUT2D eigenvalue weighted by molar-refractivity contribution is 0.0664. The van der Waals surface area contributed by atoms with Crippen molar-refractivity contribution in [2.75, 3.05) is 33.2 Å². The van der Waals surface area contributed by atoms with Crippen LogP contribution in [0.4, 0.5) is 8.78 Å². The van der Waals surface area contributed by atoms with E-state index < -0.39 is 12.2 Å². The standard InChI is InChI=1S/C22H23F2N5O2/c1-28-8-10-29(11-9-28)22(31)15-4-2-14(3-5-15)13-25-21(30)16-6-7-17-18(12-16)27-20(26-17)19(23)24/h2-7,12,19H,8-11,13H2,1H3,(H,25,30)(H,26,27). The fourth-order valence-corrected chi connectivity index (χ4v) is 3.52. The van der Waals surface area contributed by atoms with Crippen LogP contribution in [0.2, 0.25) is 0 Å². The third-order valence-electron chi connectivity index (χ3n) is 5.41. The van der Waals surface area contributed by atoms with Crippen LogP contribution in [0.1, 0.15) is 38.5 Å². The summed E-state index contributed by atoms with van der Waals surface area (Å²) in [5.41, 5.74) is 2.59. The zero-order valence-electron chi connectivity index (χ0n) is 17.1. The first-order chi connectivity index (χ1) is 14.9. The van der Waals surface area contributed by atoms with Gasteiger partial charge in [-0.2, -0.15) is 0 Å². The van der Waals surface area contributed by atoms with Gasteiger partial charge in [0.2, 0.25) is 0 Å². The topological polar surface area (TPSA) is 81.3 Å². The predicted octanol–water partition coefficient (Wildman–Crippen LogP) is 2.82. The largest absolute Gasteiger partial charge is 0.348 e. The van der Waals surface area contributed by atoms with Gasteiger partial charge in [-0.05, 0) is 42.9 Å². The van der Waals surface area contributed by atoms with Gasteiger partial charge in [-0.25, -0.2) is 13.8 Å². The molecule has 0 atom stereocenters. The summed E-state index contributed by atoms with van der Waals surface area (Å²) in [7, 11) is 2.04. The molecule has 1 saturated heterocycles. The zero-order valence-corrected chi connectivity index (χ0v) is 17.1. The number of carbonyl (C=O) groups excluding carboxylic acids is 2. The van der Waals surface area contributed by atoms with Gasteiger partial charge in [-0.15, -0.1) is 0 Å². The Balaban J connectivity index is 1.36. The van der Waals surface area contributed by atoms with E-state index in [9.17, 15) is 18.4 Å². The Morgan fingerprint density at radius 1 is 1.06 bits per heavy atom. The molecule has 1 aliphatic rings. The van der Waals surface area contributed by atoms with E-state index in [1.165, 1.54) is 12.1 Å². The molecule has 2 amide bonds. The Kier molecular flexibility index (Phi) is 5.94. The predicted molar refractivity (Wildman–Crippen MR) is 112 cm³/mol. The van der Waals surface area contributed by atoms with Crippen molar-refractivity contribution >= 4 is 22.8 Å². The van der Waals surface area contributed by atoms with E-state index in [1.54, 1.807) is 18.2 Å². The molecule has 1 fully saturated rings. The van der Waals surface area contributed by atoms with Gasteiger partial charge < -0.3 is 20.1 Å². The SMILES string of the molecule is CN1CCN(C(=O)c2ccc(CNC(=O)c3ccc4nc(C(F)F)[nH]c4c3)cc2)CC1. The molecule has 31 heavy (non-hydrogen) atoms. The Bertz CT molecular complexity index is 1090. The molecule has 2 aromatic carbocycles. The number of amides is 2. The number of aromatic amines is 1. The number of likely N-dealkylation sites (N-methyl/N-ethyl adjacent to an activating group) is 1. The Hall–Kier alpha value is -3.33. The number of benzene rings is 2. The molecule has 162 valence electrons. The molecule has 0 spiro atoms. The van der Waals surface area contributed by atoms with Crippen molar-refractivity contribution < 1.29 is 18.4 Å². The molecule has 0 bridgehead atoms. The minimum atomic E-state index is -2.70. The highest BCUT2D eigenvalue weighted by atomic mass is 19.3. The minimum absolute atomic E-state index is 0.0136. The number of aromatic nitrogens is 2. The van der Waals surface area contributed by atoms with E-state index in [2.05, 4.69) is 20.2 Å². The first-order valence-corrected chi connectivity index (χ1v) is 10.0. The third kappa shape index (κ3) is 4.72. The van der Waals surface area contributed by atoms with Gasteiger partial charge in [0.1, 0.15) is 0 Å². The van der Waals surface area contributed by atoms with Crippen molar-refractivity contribution in [1.82, 2.24) is 25.1 Å². The number of hydrogen-bond donors (Lipinski definition) is 2. The molecule has 4 rings (SSSR count). The van der Waals surface area contributed by atoms with Gasteiger partial charge in [-0.1, -0.05) is 12.1 Å². The number of nitrogens with one attached hydrogen (secondary N) is 2. The normalized spacial score (nSPS) is 14.9. The van der Waals surface area contributed by atoms with E-state index in [1.807, 2.05) is 24.1 Å². The maximum atomic E-state index is 12.8. The maximum Gasteiger partial charge on any atom is 0.295 e. The second-order valence-electron chi connectivity index (χ2n) is 7.63. The molecular formula is C22H23F2N5O2. The van der Waals surface area contributed by atoms with Gasteiger partial charge in [0, 0.05) is 43.9 Å². The van der Waals surface area contributed by atoms with E-state index in [0.29, 0.717) is 35.2 Å². The number of H-pyrrole nitrogens is 1. The number of carbonyl (C=O) groups is 2. The molecule has 1 aliphatic heterocycles. The summed E-state index contributed by atoms with van der Waals surface area (Å²) >= 11 is 0. The quantitative estimate of drug-likeness (QED) is 0.656. The Labute approximate surface area is 178 Å². The van der Waals surface area contributed by atoms with Crippen LogP contribution in [0.25, 0.3) is 11.0 Å². The van der Waals surface area contributed by atoms with Gasteiger partial charge in [0.15, 0.2) is 5.82 Å². The second-order valence-corrected chi connectivity index (χ2v) is 7.63. The number of halogens is 2. The summed E-state index contributed by atoms with van der Waals surface area (Å²) in [4.78, 5) is 35.4. The van der Waals surface area contributed by atoms with Crippen LogP contribution in [-0.2, 0) is 6.54 Å². The van der Waals surface area contributed by atoms with Crippen molar-refractivity contribution in [2.24, 2.45) is 0 Å². The first-order valence-electron chi connectivity index (χ1n) is 10.0. The summed E-state index contributed by atoms with van der Waals surface area (Å²) < 4.78 is 25.5. The van der Waals surface area contributed by atoms with Crippen molar-refractivity contribution in [3.05, 3.63) is 65.0 Å². The van der Waals surface area contributed by atoms with Gasteiger partial charge in [0.25, 0.3) is 18.2 Å². The number of fused-ring (bicyclic) bond motifs is 1. The minimum Gasteiger partial charge on any atom is -0.348 e. The van der Waals surface area contributed by atoms with E-state index in [0.717, 1.165) is 18.7 Å². The number of alkyl halides is 2. The molecular weight excluding hydrogens is 404 g/mol. The van der Waals surface area contributed by atoms with Crippen molar-refractivity contribution in [1.29, 1.82) is 0 Å². The van der Waals surface area contributed by atoms with E-state index >= 15 is 0 Å². The Morgan fingerprint density at radius 3 is 2.42 bits per heavy atom. The summed E-state index contributed by atoms with van der Waals surface area (Å²) in [6.07, 6.45) is -2.70. The lowest BCUT2D eigenvalue weighted by atomic mass is 10.1. The summed E-state index contributed by atoms with van der Waals surface area (Å²) in [5.74, 6) is -0.730. The molecule has 7 nitrogen and oxygen atoms in total. The molecule has 0 saturated carbocycles. The number of hydrogen-bond acceptors (Lipinski definition) is 4. The molecule has 1 aromatic heterocycles. The van der Waals surface area contributed by atoms with Gasteiger partial charge >= 0.3 is 0 Å². The number of imidazole rings is 1. The van der Waals surface area contributed by atoms with Crippen LogP contribution in [0, 0.1) is 0 Å². The molecule has 3 aromatic rings. The van der Waals surface area contributed by atoms with Gasteiger partial charge in [-0.3, -0.25) is 9.59 Å². The molecule has 2 heterocycles. The maximum absolute atomic E-state index is 12.8. The van der Waals surface area contributed by atoms with E-state index in [4.69, 9.17) is 0 Å². The number of rotatable bonds is 5. The highest BCUT2D eigenvalue weighted by molar-refractivity contribution is 5.97. The number of piperazine rings is 1. The zero-order chi connectivity index (χ0) is 22.0. The smallest absolute Gasteiger partial charge is 0.295 e. The fourth-order valence-electron chi connectivity index (χ4n) is 3.52. The molecule has 2 N–H and O–H groups in total. The summed E-state index contributed by atoms with van der Waals surface area (Å²) in [6.45, 7) is 3.44. The molecule has 0 radical (unpaired) electrons. The number of nitrogens with zero attached hydrogens (tertiary/aromatic N) is 3. The lowest BCUT2D eigenvalue weighted by Gasteiger charge is -2.32. The Morgan fingerprint density at radius 2 is 1.74 bits per heavy atom. The van der Waals surface area contributed by atoms with Crippen molar-refractivity contribution in [3.8, 4) is 0 Å². The second kappa shape index (κ2) is 8.81. The van der Waals surface area contributed by atoms with Crippen LogP contribution < -0.4 is 5.32 Å². The molecule has 0 aliphatic carbocycles. The van der Waals surface area contributed by atoms with Crippen LogP contribution in [-0.4, -0.2) is 64.8 Å². The lowest BCUT2D eigenvalue weighted by Crippen LogP contribution is -2.47. The monoisotopic (exact) mass is 427 g/mol. The van der Waals surface area contributed by atoms with Crippen molar-refractivity contribution in [2.45, 2.75) is 13.0 Å². The summed E-state index contributed by atoms with van der Waals surface area (Å²) in [5, 5.41) is 2.80. The van der Waals surface area contributed by atoms with Gasteiger partial charge in [0.05, 0.1) is 11.0 Å². The average Bonchev–Trinajstić information content (AvgIpc) is 3.22. The summed E-state index contributed by atoms with van der Waals surface area (Å²) in [6, 6.07) is 11.8. The molecule has 0 unspecified atom stereocenters. The van der Waals surface area contributed by atoms with Crippen LogP contribution in [0.15, 0.2) is 42.5 Å². The highest BCUT2D eigenvalue weighted by Gasteiger charge is 2.20. The highest BCUT2D eigenvalue weighted by Crippen LogP contribution is 2.20.